The zero-order chi connectivity index (χ0) is 23.6. The zero-order valence-corrected chi connectivity index (χ0v) is 20.3. The van der Waals surface area contributed by atoms with E-state index >= 15 is 0 Å². The summed E-state index contributed by atoms with van der Waals surface area (Å²) < 4.78 is 11.5. The highest BCUT2D eigenvalue weighted by atomic mass is 16.5. The fraction of sp³-hybridized carbons (Fsp3) is 0.517. The predicted molar refractivity (Wildman–Crippen MR) is 129 cm³/mol. The molecule has 33 heavy (non-hydrogen) atoms. The molecule has 0 bridgehead atoms. The van der Waals surface area contributed by atoms with Crippen LogP contribution < -0.4 is 0 Å². The topological polar surface area (TPSA) is 52.6 Å². The zero-order valence-electron chi connectivity index (χ0n) is 20.3. The van der Waals surface area contributed by atoms with Crippen molar-refractivity contribution in [2.75, 3.05) is 0 Å². The van der Waals surface area contributed by atoms with Crippen molar-refractivity contribution in [3.8, 4) is 0 Å². The molecule has 1 heterocycles. The van der Waals surface area contributed by atoms with Gasteiger partial charge in [-0.3, -0.25) is 4.79 Å². The van der Waals surface area contributed by atoms with E-state index in [-0.39, 0.29) is 29.4 Å². The molecule has 2 aliphatic carbocycles. The minimum atomic E-state index is -0.248. The molecule has 1 spiro atoms. The third-order valence-electron chi connectivity index (χ3n) is 8.20. The first-order valence-corrected chi connectivity index (χ1v) is 12.3. The Labute approximate surface area is 197 Å². The van der Waals surface area contributed by atoms with E-state index in [2.05, 4.69) is 32.9 Å². The summed E-state index contributed by atoms with van der Waals surface area (Å²) >= 11 is 0. The Bertz CT molecular complexity index is 986. The van der Waals surface area contributed by atoms with Gasteiger partial charge in [-0.1, -0.05) is 50.3 Å². The minimum Gasteiger partial charge on any atom is -0.458 e. The van der Waals surface area contributed by atoms with Crippen LogP contribution in [0.3, 0.4) is 0 Å². The van der Waals surface area contributed by atoms with Crippen molar-refractivity contribution >= 4 is 11.9 Å². The van der Waals surface area contributed by atoms with Gasteiger partial charge in [0.05, 0.1) is 0 Å². The second-order valence-corrected chi connectivity index (χ2v) is 10.3. The smallest absolute Gasteiger partial charge is 0.339 e. The van der Waals surface area contributed by atoms with E-state index in [1.165, 1.54) is 12.0 Å². The highest BCUT2D eigenvalue weighted by molar-refractivity contribution is 5.92. The van der Waals surface area contributed by atoms with Crippen LogP contribution in [-0.2, 0) is 25.5 Å². The highest BCUT2D eigenvalue weighted by Crippen LogP contribution is 2.58. The first-order chi connectivity index (χ1) is 15.8. The van der Waals surface area contributed by atoms with E-state index in [0.717, 1.165) is 24.8 Å². The lowest BCUT2D eigenvalue weighted by Gasteiger charge is -2.45. The summed E-state index contributed by atoms with van der Waals surface area (Å²) in [7, 11) is 0. The number of hydrogen-bond donors (Lipinski definition) is 0. The summed E-state index contributed by atoms with van der Waals surface area (Å²) in [6.07, 6.45) is 11.4. The molecule has 0 saturated heterocycles. The first-order valence-electron chi connectivity index (χ1n) is 12.3. The number of aryl methyl sites for hydroxylation is 1. The van der Waals surface area contributed by atoms with Gasteiger partial charge < -0.3 is 9.47 Å². The Kier molecular flexibility index (Phi) is 6.92. The lowest BCUT2D eigenvalue weighted by molar-refractivity contribution is -0.150. The maximum absolute atomic E-state index is 12.7. The van der Waals surface area contributed by atoms with Crippen LogP contribution in [0.1, 0.15) is 65.4 Å². The predicted octanol–water partition coefficient (Wildman–Crippen LogP) is 6.33. The van der Waals surface area contributed by atoms with Crippen molar-refractivity contribution in [1.29, 1.82) is 0 Å². The van der Waals surface area contributed by atoms with Crippen molar-refractivity contribution in [3.63, 3.8) is 0 Å². The molecule has 5 atom stereocenters. The van der Waals surface area contributed by atoms with Gasteiger partial charge in [0.1, 0.15) is 11.9 Å². The molecule has 1 aromatic rings. The third-order valence-corrected chi connectivity index (χ3v) is 8.20. The van der Waals surface area contributed by atoms with Crippen LogP contribution in [0.4, 0.5) is 0 Å². The van der Waals surface area contributed by atoms with Crippen LogP contribution in [0.5, 0.6) is 0 Å². The molecule has 1 saturated carbocycles. The monoisotopic (exact) mass is 448 g/mol. The Morgan fingerprint density at radius 1 is 1.24 bits per heavy atom. The van der Waals surface area contributed by atoms with Crippen LogP contribution in [-0.4, -0.2) is 18.0 Å². The molecule has 1 aliphatic heterocycles. The molecule has 1 fully saturated rings. The van der Waals surface area contributed by atoms with Gasteiger partial charge in [0, 0.05) is 12.0 Å². The van der Waals surface area contributed by atoms with Gasteiger partial charge in [0.25, 0.3) is 0 Å². The Hall–Kier alpha value is -2.62. The van der Waals surface area contributed by atoms with Crippen LogP contribution >= 0.6 is 0 Å². The molecular weight excluding hydrogens is 412 g/mol. The van der Waals surface area contributed by atoms with Gasteiger partial charge in [0.15, 0.2) is 0 Å². The van der Waals surface area contributed by atoms with E-state index in [4.69, 9.17) is 9.47 Å². The molecule has 0 N–H and O–H groups in total. The standard InChI is InChI=1S/C29H36O4/c1-19-14-15-29(18-26(19)33-27(30)13-11-23-8-6-5-7-9-23)22(4)10-12-25(29)20(2)16-24-17-21(3)28(31)32-24/h5-9,14,16-17,20,22,25-26H,10-13,15,18H2,1-4H3/t20-,22+,25-,26+,29+/m1/s1. The summed E-state index contributed by atoms with van der Waals surface area (Å²) in [5, 5.41) is 0. The van der Waals surface area contributed by atoms with Crippen molar-refractivity contribution in [2.45, 2.75) is 72.3 Å². The van der Waals surface area contributed by atoms with Crippen LogP contribution in [0.25, 0.3) is 0 Å². The number of rotatable bonds is 6. The van der Waals surface area contributed by atoms with Gasteiger partial charge in [-0.25, -0.2) is 4.79 Å². The van der Waals surface area contributed by atoms with Crippen molar-refractivity contribution in [3.05, 3.63) is 71.0 Å². The summed E-state index contributed by atoms with van der Waals surface area (Å²) in [6.45, 7) is 8.47. The lowest BCUT2D eigenvalue weighted by Crippen LogP contribution is -2.41. The molecule has 3 aliphatic rings. The Balaban J connectivity index is 1.45. The van der Waals surface area contributed by atoms with Gasteiger partial charge in [-0.05, 0) is 92.4 Å². The second-order valence-electron chi connectivity index (χ2n) is 10.3. The average Bonchev–Trinajstić information content (AvgIpc) is 3.28. The summed E-state index contributed by atoms with van der Waals surface area (Å²) in [5.74, 6) is 1.60. The molecule has 0 unspecified atom stereocenters. The van der Waals surface area contributed by atoms with E-state index in [9.17, 15) is 9.59 Å². The van der Waals surface area contributed by atoms with E-state index in [0.29, 0.717) is 36.0 Å². The van der Waals surface area contributed by atoms with Gasteiger partial charge in [-0.2, -0.15) is 0 Å². The Morgan fingerprint density at radius 3 is 2.70 bits per heavy atom. The minimum absolute atomic E-state index is 0.0989. The SMILES string of the molecule is CC1=CC(=C[C@@H](C)[C@H]2CC[C@H](C)[C@@]23CC=C(C)[C@@H](OC(=O)CCc2ccccc2)C3)OC1=O. The highest BCUT2D eigenvalue weighted by Gasteiger charge is 2.52. The largest absolute Gasteiger partial charge is 0.458 e. The third kappa shape index (κ3) is 5.00. The first kappa shape index (κ1) is 23.5. The number of hydrogen-bond acceptors (Lipinski definition) is 4. The molecule has 0 radical (unpaired) electrons. The summed E-state index contributed by atoms with van der Waals surface area (Å²) in [6, 6.07) is 10.1. The van der Waals surface area contributed by atoms with Crippen molar-refractivity contribution in [2.24, 2.45) is 23.2 Å². The molecular formula is C29H36O4. The van der Waals surface area contributed by atoms with Crippen LogP contribution in [0, 0.1) is 23.2 Å². The van der Waals surface area contributed by atoms with Crippen LogP contribution in [0.15, 0.2) is 65.5 Å². The maximum atomic E-state index is 12.7. The molecule has 0 amide bonds. The molecule has 176 valence electrons. The normalized spacial score (nSPS) is 31.3. The fourth-order valence-electron chi connectivity index (χ4n) is 6.12. The molecule has 0 aromatic heterocycles. The van der Waals surface area contributed by atoms with Gasteiger partial charge in [-0.15, -0.1) is 0 Å². The summed E-state index contributed by atoms with van der Waals surface area (Å²) in [4.78, 5) is 24.5. The fourth-order valence-corrected chi connectivity index (χ4v) is 6.12. The van der Waals surface area contributed by atoms with Gasteiger partial charge >= 0.3 is 11.9 Å². The van der Waals surface area contributed by atoms with E-state index in [1.54, 1.807) is 6.92 Å². The number of esters is 2. The number of carbonyl (C=O) groups is 2. The molecule has 4 heteroatoms. The summed E-state index contributed by atoms with van der Waals surface area (Å²) in [5.41, 5.74) is 3.08. The van der Waals surface area contributed by atoms with Crippen molar-refractivity contribution < 1.29 is 19.1 Å². The molecule has 4 rings (SSSR count). The number of cyclic esters (lactones) is 1. The lowest BCUT2D eigenvalue weighted by atomic mass is 9.60. The average molecular weight is 449 g/mol. The number of benzene rings is 1. The number of ether oxygens (including phenoxy) is 2. The van der Waals surface area contributed by atoms with E-state index in [1.807, 2.05) is 36.4 Å². The van der Waals surface area contributed by atoms with E-state index < -0.39 is 0 Å². The Morgan fingerprint density at radius 2 is 2.00 bits per heavy atom. The quantitative estimate of drug-likeness (QED) is 0.377. The van der Waals surface area contributed by atoms with Gasteiger partial charge in [0.2, 0.25) is 0 Å². The number of allylic oxidation sites excluding steroid dienone is 3. The molecule has 1 aromatic carbocycles. The maximum Gasteiger partial charge on any atom is 0.339 e. The molecule has 4 nitrogen and oxygen atoms in total. The van der Waals surface area contributed by atoms with Crippen molar-refractivity contribution in [1.82, 2.24) is 0 Å². The number of carbonyl (C=O) groups excluding carboxylic acids is 2. The van der Waals surface area contributed by atoms with Crippen LogP contribution in [0.2, 0.25) is 0 Å². The second kappa shape index (κ2) is 9.70.